The minimum atomic E-state index is -0.515. The summed E-state index contributed by atoms with van der Waals surface area (Å²) in [5, 5.41) is 2.71. The van der Waals surface area contributed by atoms with E-state index in [9.17, 15) is 9.18 Å². The summed E-state index contributed by atoms with van der Waals surface area (Å²) in [6.07, 6.45) is 8.94. The van der Waals surface area contributed by atoms with Gasteiger partial charge in [0, 0.05) is 24.7 Å². The van der Waals surface area contributed by atoms with Crippen molar-refractivity contribution in [2.75, 3.05) is 5.32 Å². The zero-order chi connectivity index (χ0) is 17.9. The molecule has 1 amide bonds. The average molecular weight is 349 g/mol. The number of nitrogens with one attached hydrogen (secondary N) is 1. The van der Waals surface area contributed by atoms with Gasteiger partial charge in [-0.15, -0.1) is 0 Å². The molecular weight excluding hydrogens is 337 g/mol. The smallest absolute Gasteiger partial charge is 0.260 e. The van der Waals surface area contributed by atoms with Crippen molar-refractivity contribution < 1.29 is 13.9 Å². The molecule has 0 aliphatic carbocycles. The summed E-state index contributed by atoms with van der Waals surface area (Å²) in [5.74, 6) is 0.0829. The van der Waals surface area contributed by atoms with Crippen LogP contribution in [-0.2, 0) is 0 Å². The molecule has 4 heterocycles. The maximum atomic E-state index is 13.3. The maximum Gasteiger partial charge on any atom is 0.260 e. The van der Waals surface area contributed by atoms with Crippen LogP contribution in [0.3, 0.4) is 0 Å². The molecule has 8 heteroatoms. The Hall–Kier alpha value is -3.81. The zero-order valence-corrected chi connectivity index (χ0v) is 13.3. The van der Waals surface area contributed by atoms with Crippen LogP contribution in [0.25, 0.3) is 5.65 Å². The molecule has 0 spiro atoms. The fourth-order valence-corrected chi connectivity index (χ4v) is 2.43. The third-order valence-electron chi connectivity index (χ3n) is 3.53. The van der Waals surface area contributed by atoms with Gasteiger partial charge in [-0.3, -0.25) is 9.78 Å². The number of halogens is 1. The van der Waals surface area contributed by atoms with Crippen LogP contribution in [0.5, 0.6) is 11.5 Å². The van der Waals surface area contributed by atoms with Gasteiger partial charge < -0.3 is 14.5 Å². The number of imidazole rings is 1. The molecule has 0 saturated heterocycles. The van der Waals surface area contributed by atoms with Crippen LogP contribution in [0.4, 0.5) is 10.2 Å². The summed E-state index contributed by atoms with van der Waals surface area (Å²) in [7, 11) is 0. The lowest BCUT2D eigenvalue weighted by Crippen LogP contribution is -2.14. The van der Waals surface area contributed by atoms with Crippen molar-refractivity contribution in [3.05, 3.63) is 78.9 Å². The van der Waals surface area contributed by atoms with Crippen molar-refractivity contribution >= 4 is 17.4 Å². The van der Waals surface area contributed by atoms with Gasteiger partial charge in [0.2, 0.25) is 0 Å². The number of ether oxygens (including phenoxy) is 1. The van der Waals surface area contributed by atoms with E-state index in [1.807, 2.05) is 0 Å². The van der Waals surface area contributed by atoms with Gasteiger partial charge in [0.25, 0.3) is 5.91 Å². The molecule has 0 atom stereocenters. The van der Waals surface area contributed by atoms with E-state index in [1.54, 1.807) is 47.4 Å². The number of nitrogens with zero attached hydrogens (tertiary/aromatic N) is 4. The predicted molar refractivity (Wildman–Crippen MR) is 91.7 cm³/mol. The monoisotopic (exact) mass is 349 g/mol. The van der Waals surface area contributed by atoms with Gasteiger partial charge in [-0.2, -0.15) is 0 Å². The lowest BCUT2D eigenvalue weighted by Gasteiger charge is -2.10. The molecule has 0 aromatic carbocycles. The topological polar surface area (TPSA) is 81.4 Å². The molecule has 0 unspecified atom stereocenters. The first kappa shape index (κ1) is 15.7. The lowest BCUT2D eigenvalue weighted by atomic mass is 10.2. The molecular formula is C18H12FN5O2. The Kier molecular flexibility index (Phi) is 3.98. The first-order valence-electron chi connectivity index (χ1n) is 7.66. The summed E-state index contributed by atoms with van der Waals surface area (Å²) in [4.78, 5) is 24.7. The average Bonchev–Trinajstić information content (AvgIpc) is 3.10. The number of aromatic nitrogens is 4. The van der Waals surface area contributed by atoms with Gasteiger partial charge in [0.15, 0.2) is 0 Å². The molecule has 0 fully saturated rings. The van der Waals surface area contributed by atoms with Gasteiger partial charge in [0.1, 0.15) is 28.8 Å². The molecule has 4 aromatic rings. The number of fused-ring (bicyclic) bond motifs is 1. The fraction of sp³-hybridized carbons (Fsp3) is 0. The first-order chi connectivity index (χ1) is 12.7. The van der Waals surface area contributed by atoms with E-state index in [-0.39, 0.29) is 11.7 Å². The minimum Gasteiger partial charge on any atom is -0.454 e. The number of anilines is 1. The zero-order valence-electron chi connectivity index (χ0n) is 13.3. The van der Waals surface area contributed by atoms with Crippen LogP contribution in [0.1, 0.15) is 10.4 Å². The first-order valence-corrected chi connectivity index (χ1v) is 7.66. The molecule has 0 radical (unpaired) electrons. The summed E-state index contributed by atoms with van der Waals surface area (Å²) >= 11 is 0. The third kappa shape index (κ3) is 3.20. The lowest BCUT2D eigenvalue weighted by molar-refractivity contribution is 0.102. The van der Waals surface area contributed by atoms with E-state index in [0.29, 0.717) is 22.8 Å². The molecule has 128 valence electrons. The van der Waals surface area contributed by atoms with Crippen molar-refractivity contribution in [1.29, 1.82) is 0 Å². The fourth-order valence-electron chi connectivity index (χ4n) is 2.43. The number of hydrogen-bond acceptors (Lipinski definition) is 5. The predicted octanol–water partition coefficient (Wildman–Crippen LogP) is 3.31. The van der Waals surface area contributed by atoms with Crippen molar-refractivity contribution in [2.45, 2.75) is 0 Å². The van der Waals surface area contributed by atoms with Crippen LogP contribution in [-0.4, -0.2) is 25.3 Å². The molecule has 0 saturated carbocycles. The van der Waals surface area contributed by atoms with Crippen molar-refractivity contribution in [3.63, 3.8) is 0 Å². The highest BCUT2D eigenvalue weighted by molar-refractivity contribution is 6.08. The van der Waals surface area contributed by atoms with Gasteiger partial charge in [-0.05, 0) is 18.2 Å². The molecule has 26 heavy (non-hydrogen) atoms. The second-order valence-corrected chi connectivity index (χ2v) is 5.36. The number of carbonyl (C=O) groups excluding carboxylic acids is 1. The van der Waals surface area contributed by atoms with Crippen molar-refractivity contribution in [3.8, 4) is 11.5 Å². The van der Waals surface area contributed by atoms with Gasteiger partial charge in [0.05, 0.1) is 24.2 Å². The van der Waals surface area contributed by atoms with Gasteiger partial charge in [-0.25, -0.2) is 14.4 Å². The second kappa shape index (κ2) is 6.60. The van der Waals surface area contributed by atoms with E-state index in [2.05, 4.69) is 20.3 Å². The Morgan fingerprint density at radius 1 is 1.12 bits per heavy atom. The van der Waals surface area contributed by atoms with E-state index >= 15 is 0 Å². The molecule has 0 bridgehead atoms. The van der Waals surface area contributed by atoms with Crippen LogP contribution in [0.15, 0.2) is 67.5 Å². The second-order valence-electron chi connectivity index (χ2n) is 5.36. The highest BCUT2D eigenvalue weighted by atomic mass is 19.1. The third-order valence-corrected chi connectivity index (χ3v) is 3.53. The van der Waals surface area contributed by atoms with Crippen LogP contribution >= 0.6 is 0 Å². The van der Waals surface area contributed by atoms with E-state index < -0.39 is 5.82 Å². The SMILES string of the molecule is O=C(Nc1ccccn1)c1cc(Oc2cncc(F)c2)cn2ccnc12. The molecule has 4 aromatic heterocycles. The van der Waals surface area contributed by atoms with Gasteiger partial charge >= 0.3 is 0 Å². The van der Waals surface area contributed by atoms with E-state index in [4.69, 9.17) is 4.74 Å². The van der Waals surface area contributed by atoms with E-state index in [0.717, 1.165) is 6.20 Å². The number of amides is 1. The molecule has 4 rings (SSSR count). The molecule has 7 nitrogen and oxygen atoms in total. The summed E-state index contributed by atoms with van der Waals surface area (Å²) in [6.45, 7) is 0. The highest BCUT2D eigenvalue weighted by Gasteiger charge is 2.15. The molecule has 1 N–H and O–H groups in total. The summed E-state index contributed by atoms with van der Waals surface area (Å²) in [6, 6.07) is 7.94. The normalized spacial score (nSPS) is 10.7. The minimum absolute atomic E-state index is 0.223. The highest BCUT2D eigenvalue weighted by Crippen LogP contribution is 2.24. The number of rotatable bonds is 4. The summed E-state index contributed by atoms with van der Waals surface area (Å²) < 4.78 is 20.6. The molecule has 0 aliphatic rings. The van der Waals surface area contributed by atoms with Crippen molar-refractivity contribution in [1.82, 2.24) is 19.4 Å². The standard InChI is InChI=1S/C18H12FN5O2/c19-12-7-13(10-20-9-12)26-14-8-15(17-22-5-6-24(17)11-14)18(25)23-16-3-1-2-4-21-16/h1-11H,(H,21,23,25). The Bertz CT molecular complexity index is 1080. The maximum absolute atomic E-state index is 13.3. The van der Waals surface area contributed by atoms with Crippen LogP contribution < -0.4 is 10.1 Å². The Balaban J connectivity index is 1.69. The Morgan fingerprint density at radius 2 is 2.04 bits per heavy atom. The number of pyridine rings is 3. The summed E-state index contributed by atoms with van der Waals surface area (Å²) in [5.41, 5.74) is 0.755. The van der Waals surface area contributed by atoms with Crippen LogP contribution in [0.2, 0.25) is 0 Å². The van der Waals surface area contributed by atoms with Crippen molar-refractivity contribution in [2.24, 2.45) is 0 Å². The quantitative estimate of drug-likeness (QED) is 0.611. The number of hydrogen-bond donors (Lipinski definition) is 1. The van der Waals surface area contributed by atoms with Gasteiger partial charge in [-0.1, -0.05) is 6.07 Å². The van der Waals surface area contributed by atoms with E-state index in [1.165, 1.54) is 18.3 Å². The molecule has 0 aliphatic heterocycles. The number of carbonyl (C=O) groups is 1. The van der Waals surface area contributed by atoms with Crippen LogP contribution in [0, 0.1) is 5.82 Å². The Labute approximate surface area is 147 Å². The largest absolute Gasteiger partial charge is 0.454 e. The Morgan fingerprint density at radius 3 is 2.85 bits per heavy atom.